The molecule has 0 aliphatic carbocycles. The molecule has 2 aromatic heterocycles. The summed E-state index contributed by atoms with van der Waals surface area (Å²) >= 11 is 0. The Kier molecular flexibility index (Phi) is 5.43. The van der Waals surface area contributed by atoms with Crippen LogP contribution in [-0.4, -0.2) is 55.4 Å². The van der Waals surface area contributed by atoms with E-state index in [1.165, 1.54) is 0 Å². The average Bonchev–Trinajstić information content (AvgIpc) is 3.08. The molecule has 9 nitrogen and oxygen atoms in total. The van der Waals surface area contributed by atoms with Gasteiger partial charge in [-0.2, -0.15) is 0 Å². The molecule has 3 N–H and O–H groups in total. The van der Waals surface area contributed by atoms with Gasteiger partial charge < -0.3 is 20.3 Å². The Morgan fingerprint density at radius 2 is 2.00 bits per heavy atom. The molecule has 0 amide bonds. The normalized spacial score (nSPS) is 20.7. The largest absolute Gasteiger partial charge is 0.477 e. The first-order chi connectivity index (χ1) is 13.3. The highest BCUT2D eigenvalue weighted by Crippen LogP contribution is 2.25. The van der Waals surface area contributed by atoms with Crippen molar-refractivity contribution in [1.82, 2.24) is 19.5 Å². The molecule has 1 fully saturated rings. The second-order valence-corrected chi connectivity index (χ2v) is 7.22. The van der Waals surface area contributed by atoms with Gasteiger partial charge in [-0.05, 0) is 13.8 Å². The third-order valence-electron chi connectivity index (χ3n) is 4.57. The number of piperidine rings is 1. The summed E-state index contributed by atoms with van der Waals surface area (Å²) in [7, 11) is 1.91. The third-order valence-corrected chi connectivity index (χ3v) is 4.57. The number of hydrogen-bond acceptors (Lipinski definition) is 7. The molecule has 1 aliphatic rings. The van der Waals surface area contributed by atoms with Gasteiger partial charge in [0.1, 0.15) is 11.5 Å². The van der Waals surface area contributed by atoms with Gasteiger partial charge in [0.25, 0.3) is 0 Å². The van der Waals surface area contributed by atoms with E-state index in [1.807, 2.05) is 43.5 Å². The Morgan fingerprint density at radius 3 is 2.54 bits per heavy atom. The van der Waals surface area contributed by atoms with Crippen LogP contribution in [0.25, 0.3) is 11.4 Å². The molecule has 1 aliphatic heterocycles. The summed E-state index contributed by atoms with van der Waals surface area (Å²) in [6, 6.07) is 0.0499. The predicted octanol–water partition coefficient (Wildman–Crippen LogP) is 1.48. The molecule has 3 heterocycles. The summed E-state index contributed by atoms with van der Waals surface area (Å²) in [5.41, 5.74) is 7.79. The number of imidazole rings is 1. The van der Waals surface area contributed by atoms with Crippen molar-refractivity contribution in [3.8, 4) is 11.4 Å². The Balaban J connectivity index is 1.93. The number of nitrogens with zero attached hydrogens (tertiary/aromatic N) is 6. The van der Waals surface area contributed by atoms with Crippen molar-refractivity contribution in [2.75, 3.05) is 18.0 Å². The molecule has 28 heavy (non-hydrogen) atoms. The second-order valence-electron chi connectivity index (χ2n) is 7.22. The summed E-state index contributed by atoms with van der Waals surface area (Å²) in [4.78, 5) is 31.3. The molecule has 9 heteroatoms. The van der Waals surface area contributed by atoms with Crippen molar-refractivity contribution in [3.05, 3.63) is 36.1 Å². The van der Waals surface area contributed by atoms with Crippen LogP contribution in [0.3, 0.4) is 0 Å². The van der Waals surface area contributed by atoms with E-state index in [0.717, 1.165) is 17.1 Å². The zero-order valence-corrected chi connectivity index (χ0v) is 16.5. The van der Waals surface area contributed by atoms with Crippen molar-refractivity contribution >= 4 is 17.6 Å². The van der Waals surface area contributed by atoms with Gasteiger partial charge in [-0.1, -0.05) is 6.92 Å². The lowest BCUT2D eigenvalue weighted by molar-refractivity contribution is -0.132. The van der Waals surface area contributed by atoms with Crippen LogP contribution < -0.4 is 10.6 Å². The van der Waals surface area contributed by atoms with Crippen LogP contribution in [0.15, 0.2) is 41.0 Å². The topological polar surface area (TPSA) is 123 Å². The number of carbonyl (C=O) groups is 1. The van der Waals surface area contributed by atoms with E-state index < -0.39 is 5.97 Å². The number of rotatable bonds is 4. The predicted molar refractivity (Wildman–Crippen MR) is 107 cm³/mol. The number of aryl methyl sites for hydroxylation is 1. The summed E-state index contributed by atoms with van der Waals surface area (Å²) < 4.78 is 1.89. The lowest BCUT2D eigenvalue weighted by Crippen LogP contribution is -2.44. The Hall–Kier alpha value is -3.23. The number of carboxylic acid groups (broad SMARTS) is 1. The molecular weight excluding hydrogens is 358 g/mol. The lowest BCUT2D eigenvalue weighted by Gasteiger charge is -2.34. The quantitative estimate of drug-likeness (QED) is 0.767. The molecule has 148 valence electrons. The molecule has 0 spiro atoms. The molecule has 1 atom stereocenters. The van der Waals surface area contributed by atoms with Crippen molar-refractivity contribution in [3.63, 3.8) is 0 Å². The lowest BCUT2D eigenvalue weighted by atomic mass is 9.91. The zero-order chi connectivity index (χ0) is 20.4. The number of aromatic nitrogens is 4. The van der Waals surface area contributed by atoms with Gasteiger partial charge in [0.15, 0.2) is 0 Å². The molecule has 0 saturated carbocycles. The monoisotopic (exact) mass is 383 g/mol. The highest BCUT2D eigenvalue weighted by Gasteiger charge is 2.31. The van der Waals surface area contributed by atoms with E-state index in [2.05, 4.69) is 19.9 Å². The van der Waals surface area contributed by atoms with Crippen molar-refractivity contribution in [2.24, 2.45) is 23.7 Å². The molecule has 0 unspecified atom stereocenters. The summed E-state index contributed by atoms with van der Waals surface area (Å²) in [5.74, 6) is 0.151. The smallest absolute Gasteiger partial charge is 0.352 e. The van der Waals surface area contributed by atoms with E-state index in [4.69, 9.17) is 5.73 Å². The fourth-order valence-corrected chi connectivity index (χ4v) is 3.28. The summed E-state index contributed by atoms with van der Waals surface area (Å²) in [6.07, 6.45) is 7.02. The van der Waals surface area contributed by atoms with Crippen LogP contribution in [0.5, 0.6) is 0 Å². The van der Waals surface area contributed by atoms with Crippen LogP contribution in [0, 0.1) is 5.92 Å². The minimum absolute atomic E-state index is 0.00173. The first-order valence-corrected chi connectivity index (χ1v) is 9.12. The maximum atomic E-state index is 11.5. The number of aliphatic imine (C=N–C) groups is 1. The first kappa shape index (κ1) is 19.5. The average molecular weight is 383 g/mol. The maximum absolute atomic E-state index is 11.5. The summed E-state index contributed by atoms with van der Waals surface area (Å²) in [6.45, 7) is 6.85. The molecule has 0 aromatic carbocycles. The van der Waals surface area contributed by atoms with Crippen LogP contribution in [0.2, 0.25) is 0 Å². The van der Waals surface area contributed by atoms with Crippen LogP contribution in [0.1, 0.15) is 20.8 Å². The zero-order valence-electron chi connectivity index (χ0n) is 16.5. The Morgan fingerprint density at radius 1 is 1.32 bits per heavy atom. The minimum Gasteiger partial charge on any atom is -0.477 e. The van der Waals surface area contributed by atoms with E-state index in [-0.39, 0.29) is 17.7 Å². The standard InChI is InChI=1S/C19H25N7O2/c1-11(2)24-16-12(3)9-26(10-14(16)15(20)18(27)28)19-22-7-13(8-23-19)17-21-5-6-25(17)4/h5-8,11-12H,9-10,20H2,1-4H3,(H,27,28)/t12-/m0/s1. The van der Waals surface area contributed by atoms with Gasteiger partial charge in [0, 0.05) is 68.2 Å². The van der Waals surface area contributed by atoms with Gasteiger partial charge in [-0.25, -0.2) is 19.7 Å². The third kappa shape index (κ3) is 3.88. The Bertz CT molecular complexity index is 928. The molecule has 0 bridgehead atoms. The van der Waals surface area contributed by atoms with Gasteiger partial charge in [-0.15, -0.1) is 0 Å². The van der Waals surface area contributed by atoms with Crippen LogP contribution >= 0.6 is 0 Å². The van der Waals surface area contributed by atoms with E-state index in [9.17, 15) is 9.90 Å². The van der Waals surface area contributed by atoms with Gasteiger partial charge >= 0.3 is 5.97 Å². The molecule has 2 aromatic rings. The number of hydrogen-bond donors (Lipinski definition) is 2. The molecular formula is C19H25N7O2. The van der Waals surface area contributed by atoms with Crippen molar-refractivity contribution in [1.29, 1.82) is 0 Å². The van der Waals surface area contributed by atoms with Crippen molar-refractivity contribution < 1.29 is 9.90 Å². The molecule has 0 radical (unpaired) electrons. The first-order valence-electron chi connectivity index (χ1n) is 9.12. The second kappa shape index (κ2) is 7.79. The van der Waals surface area contributed by atoms with Gasteiger partial charge in [-0.3, -0.25) is 4.99 Å². The number of nitrogens with two attached hydrogens (primary N) is 1. The maximum Gasteiger partial charge on any atom is 0.352 e. The van der Waals surface area contributed by atoms with Crippen LogP contribution in [0.4, 0.5) is 5.95 Å². The van der Waals surface area contributed by atoms with E-state index >= 15 is 0 Å². The Labute approximate surface area is 163 Å². The van der Waals surface area contributed by atoms with Gasteiger partial charge in [0.05, 0.1) is 5.56 Å². The van der Waals surface area contributed by atoms with Crippen LogP contribution in [-0.2, 0) is 11.8 Å². The fourth-order valence-electron chi connectivity index (χ4n) is 3.28. The highest BCUT2D eigenvalue weighted by atomic mass is 16.4. The number of anilines is 1. The SMILES string of the molecule is CC(C)N=C1C(=C(N)C(=O)O)CN(c2ncc(-c3nccn3C)cn2)C[C@@H]1C. The molecule has 1 saturated heterocycles. The number of aliphatic carboxylic acids is 1. The fraction of sp³-hybridized carbons (Fsp3) is 0.421. The van der Waals surface area contributed by atoms with Crippen molar-refractivity contribution in [2.45, 2.75) is 26.8 Å². The van der Waals surface area contributed by atoms with E-state index in [0.29, 0.717) is 24.6 Å². The molecule has 3 rings (SSSR count). The van der Waals surface area contributed by atoms with E-state index in [1.54, 1.807) is 18.6 Å². The van der Waals surface area contributed by atoms with Gasteiger partial charge in [0.2, 0.25) is 5.95 Å². The number of carboxylic acids is 1. The highest BCUT2D eigenvalue weighted by molar-refractivity contribution is 6.08. The summed E-state index contributed by atoms with van der Waals surface area (Å²) in [5, 5.41) is 9.40. The minimum atomic E-state index is -1.15.